The molecule has 0 saturated heterocycles. The number of hydrogen-bond acceptors (Lipinski definition) is 6. The molecule has 0 saturated carbocycles. The SMILES string of the molecule is CCOc1ccc(Nc2nc3c(s2)CCC3C(=O)O)cn1. The number of carboxylic acid groups (broad SMARTS) is 1. The van der Waals surface area contributed by atoms with Crippen molar-refractivity contribution in [2.75, 3.05) is 11.9 Å². The van der Waals surface area contributed by atoms with E-state index in [2.05, 4.69) is 15.3 Å². The molecular weight excluding hydrogens is 290 g/mol. The third kappa shape index (κ3) is 2.82. The predicted molar refractivity (Wildman–Crippen MR) is 79.5 cm³/mol. The second-order valence-corrected chi connectivity index (χ2v) is 5.78. The highest BCUT2D eigenvalue weighted by Crippen LogP contribution is 2.39. The Balaban J connectivity index is 1.74. The number of nitrogens with one attached hydrogen (secondary N) is 1. The van der Waals surface area contributed by atoms with E-state index in [1.807, 2.05) is 13.0 Å². The number of fused-ring (bicyclic) bond motifs is 1. The number of carbonyl (C=O) groups is 1. The van der Waals surface area contributed by atoms with Gasteiger partial charge >= 0.3 is 5.97 Å². The fourth-order valence-electron chi connectivity index (χ4n) is 2.33. The quantitative estimate of drug-likeness (QED) is 0.883. The number of aromatic nitrogens is 2. The molecule has 0 aromatic carbocycles. The van der Waals surface area contributed by atoms with E-state index in [0.717, 1.165) is 17.0 Å². The molecule has 110 valence electrons. The molecule has 2 aromatic heterocycles. The van der Waals surface area contributed by atoms with Crippen LogP contribution < -0.4 is 10.1 Å². The molecule has 21 heavy (non-hydrogen) atoms. The van der Waals surface area contributed by atoms with Gasteiger partial charge in [-0.15, -0.1) is 11.3 Å². The highest BCUT2D eigenvalue weighted by molar-refractivity contribution is 7.15. The lowest BCUT2D eigenvalue weighted by Gasteiger charge is -2.05. The number of anilines is 2. The van der Waals surface area contributed by atoms with Gasteiger partial charge in [-0.2, -0.15) is 0 Å². The molecule has 2 aromatic rings. The summed E-state index contributed by atoms with van der Waals surface area (Å²) in [5, 5.41) is 13.0. The summed E-state index contributed by atoms with van der Waals surface area (Å²) < 4.78 is 5.28. The lowest BCUT2D eigenvalue weighted by molar-refractivity contribution is -0.138. The first kappa shape index (κ1) is 13.8. The molecule has 1 aliphatic rings. The summed E-state index contributed by atoms with van der Waals surface area (Å²) in [5.74, 6) is -0.686. The summed E-state index contributed by atoms with van der Waals surface area (Å²) in [5.41, 5.74) is 1.51. The van der Waals surface area contributed by atoms with Crippen LogP contribution in [0.1, 0.15) is 29.8 Å². The maximum absolute atomic E-state index is 11.2. The first-order valence-electron chi connectivity index (χ1n) is 6.75. The van der Waals surface area contributed by atoms with E-state index < -0.39 is 11.9 Å². The number of pyridine rings is 1. The molecule has 1 unspecified atom stereocenters. The zero-order valence-electron chi connectivity index (χ0n) is 11.5. The zero-order chi connectivity index (χ0) is 14.8. The molecule has 1 atom stereocenters. The van der Waals surface area contributed by atoms with E-state index >= 15 is 0 Å². The van der Waals surface area contributed by atoms with Crippen molar-refractivity contribution in [1.29, 1.82) is 0 Å². The smallest absolute Gasteiger partial charge is 0.312 e. The highest BCUT2D eigenvalue weighted by atomic mass is 32.1. The van der Waals surface area contributed by atoms with Crippen molar-refractivity contribution in [3.05, 3.63) is 28.9 Å². The first-order valence-corrected chi connectivity index (χ1v) is 7.57. The number of aryl methyl sites for hydroxylation is 1. The maximum Gasteiger partial charge on any atom is 0.312 e. The average Bonchev–Trinajstić information content (AvgIpc) is 3.00. The van der Waals surface area contributed by atoms with Crippen molar-refractivity contribution in [2.45, 2.75) is 25.7 Å². The van der Waals surface area contributed by atoms with E-state index in [0.29, 0.717) is 29.7 Å². The third-order valence-corrected chi connectivity index (χ3v) is 4.34. The summed E-state index contributed by atoms with van der Waals surface area (Å²) in [6.45, 7) is 2.49. The monoisotopic (exact) mass is 305 g/mol. The Morgan fingerprint density at radius 3 is 3.10 bits per heavy atom. The fourth-order valence-corrected chi connectivity index (χ4v) is 3.39. The Morgan fingerprint density at radius 1 is 1.57 bits per heavy atom. The van der Waals surface area contributed by atoms with Crippen LogP contribution in [-0.4, -0.2) is 27.7 Å². The van der Waals surface area contributed by atoms with Gasteiger partial charge in [-0.05, 0) is 25.8 Å². The number of rotatable bonds is 5. The van der Waals surface area contributed by atoms with Crippen LogP contribution in [0.5, 0.6) is 5.88 Å². The topological polar surface area (TPSA) is 84.3 Å². The van der Waals surface area contributed by atoms with Crippen LogP contribution in [0.4, 0.5) is 10.8 Å². The van der Waals surface area contributed by atoms with E-state index in [1.165, 1.54) is 11.3 Å². The van der Waals surface area contributed by atoms with Gasteiger partial charge in [0.15, 0.2) is 5.13 Å². The number of carboxylic acids is 1. The molecule has 2 heterocycles. The van der Waals surface area contributed by atoms with Gasteiger partial charge < -0.3 is 15.2 Å². The van der Waals surface area contributed by atoms with Crippen LogP contribution in [0.2, 0.25) is 0 Å². The number of nitrogens with zero attached hydrogens (tertiary/aromatic N) is 2. The lowest BCUT2D eigenvalue weighted by atomic mass is 10.1. The average molecular weight is 305 g/mol. The predicted octanol–water partition coefficient (Wildman–Crippen LogP) is 2.79. The molecule has 0 amide bonds. The molecular formula is C14H15N3O3S. The van der Waals surface area contributed by atoms with Gasteiger partial charge in [0.25, 0.3) is 0 Å². The Labute approximate surface area is 125 Å². The minimum atomic E-state index is -0.798. The summed E-state index contributed by atoms with van der Waals surface area (Å²) in [6.07, 6.45) is 3.10. The minimum absolute atomic E-state index is 0.467. The Bertz CT molecular complexity index is 654. The Morgan fingerprint density at radius 2 is 2.43 bits per heavy atom. The first-order chi connectivity index (χ1) is 10.2. The number of aliphatic carboxylic acids is 1. The van der Waals surface area contributed by atoms with E-state index in [1.54, 1.807) is 12.3 Å². The molecule has 2 N–H and O–H groups in total. The van der Waals surface area contributed by atoms with Crippen LogP contribution >= 0.6 is 11.3 Å². The van der Waals surface area contributed by atoms with Gasteiger partial charge in [0, 0.05) is 10.9 Å². The van der Waals surface area contributed by atoms with Gasteiger partial charge in [-0.1, -0.05) is 0 Å². The molecule has 0 bridgehead atoms. The summed E-state index contributed by atoms with van der Waals surface area (Å²) >= 11 is 1.51. The van der Waals surface area contributed by atoms with Crippen molar-refractivity contribution in [1.82, 2.24) is 9.97 Å². The Hall–Kier alpha value is -2.15. The van der Waals surface area contributed by atoms with E-state index in [4.69, 9.17) is 9.84 Å². The molecule has 1 aliphatic carbocycles. The van der Waals surface area contributed by atoms with Crippen molar-refractivity contribution in [3.8, 4) is 5.88 Å². The third-order valence-electron chi connectivity index (χ3n) is 3.30. The van der Waals surface area contributed by atoms with Crippen molar-refractivity contribution in [2.24, 2.45) is 0 Å². The molecule has 0 radical (unpaired) electrons. The molecule has 3 rings (SSSR count). The van der Waals surface area contributed by atoms with Gasteiger partial charge in [0.1, 0.15) is 5.92 Å². The number of thiazole rings is 1. The second kappa shape index (κ2) is 5.69. The summed E-state index contributed by atoms with van der Waals surface area (Å²) in [4.78, 5) is 20.8. The zero-order valence-corrected chi connectivity index (χ0v) is 12.3. The van der Waals surface area contributed by atoms with Crippen LogP contribution in [0, 0.1) is 0 Å². The van der Waals surface area contributed by atoms with Crippen LogP contribution in [-0.2, 0) is 11.2 Å². The molecule has 0 spiro atoms. The van der Waals surface area contributed by atoms with Gasteiger partial charge in [-0.3, -0.25) is 4.79 Å². The van der Waals surface area contributed by atoms with Crippen LogP contribution in [0.15, 0.2) is 18.3 Å². The number of ether oxygens (including phenoxy) is 1. The highest BCUT2D eigenvalue weighted by Gasteiger charge is 2.32. The lowest BCUT2D eigenvalue weighted by Crippen LogP contribution is -2.08. The van der Waals surface area contributed by atoms with Crippen molar-refractivity contribution < 1.29 is 14.6 Å². The fraction of sp³-hybridized carbons (Fsp3) is 0.357. The molecule has 7 heteroatoms. The van der Waals surface area contributed by atoms with Crippen molar-refractivity contribution >= 4 is 28.1 Å². The largest absolute Gasteiger partial charge is 0.481 e. The van der Waals surface area contributed by atoms with Gasteiger partial charge in [-0.25, -0.2) is 9.97 Å². The normalized spacial score (nSPS) is 16.5. The summed E-state index contributed by atoms with van der Waals surface area (Å²) in [7, 11) is 0. The van der Waals surface area contributed by atoms with Crippen LogP contribution in [0.3, 0.4) is 0 Å². The van der Waals surface area contributed by atoms with Gasteiger partial charge in [0.05, 0.1) is 24.2 Å². The molecule has 0 fully saturated rings. The minimum Gasteiger partial charge on any atom is -0.481 e. The van der Waals surface area contributed by atoms with E-state index in [-0.39, 0.29) is 0 Å². The molecule has 6 nitrogen and oxygen atoms in total. The number of hydrogen-bond donors (Lipinski definition) is 2. The molecule has 0 aliphatic heterocycles. The maximum atomic E-state index is 11.2. The summed E-state index contributed by atoms with van der Waals surface area (Å²) in [6, 6.07) is 3.65. The van der Waals surface area contributed by atoms with Crippen molar-refractivity contribution in [3.63, 3.8) is 0 Å². The Kier molecular flexibility index (Phi) is 3.74. The second-order valence-electron chi connectivity index (χ2n) is 4.70. The van der Waals surface area contributed by atoms with E-state index in [9.17, 15) is 4.79 Å². The van der Waals surface area contributed by atoms with Gasteiger partial charge in [0.2, 0.25) is 5.88 Å². The van der Waals surface area contributed by atoms with Crippen LogP contribution in [0.25, 0.3) is 0 Å². The standard InChI is InChI=1S/C14H15N3O3S/c1-2-20-11-6-3-8(7-15-11)16-14-17-12-9(13(18)19)4-5-10(12)21-14/h3,6-7,9H,2,4-5H2,1H3,(H,16,17)(H,18,19).